The first kappa shape index (κ1) is 18.8. The molecule has 0 radical (unpaired) electrons. The first-order valence-corrected chi connectivity index (χ1v) is 10.7. The SMILES string of the molecule is CC(C)C1(C)CCCN1Cc1cccc(S(=O)(=O)N2CCOCC2)c1. The highest BCUT2D eigenvalue weighted by atomic mass is 32.2. The maximum atomic E-state index is 12.9. The van der Waals surface area contributed by atoms with Crippen LogP contribution in [0.1, 0.15) is 39.2 Å². The Morgan fingerprint density at radius 3 is 2.60 bits per heavy atom. The van der Waals surface area contributed by atoms with Crippen molar-refractivity contribution in [2.45, 2.75) is 50.6 Å². The molecule has 0 saturated carbocycles. The van der Waals surface area contributed by atoms with Crippen LogP contribution in [0.4, 0.5) is 0 Å². The zero-order valence-electron chi connectivity index (χ0n) is 15.6. The van der Waals surface area contributed by atoms with E-state index in [4.69, 9.17) is 4.74 Å². The number of ether oxygens (including phenoxy) is 1. The van der Waals surface area contributed by atoms with Crippen molar-refractivity contribution in [2.75, 3.05) is 32.8 Å². The average Bonchev–Trinajstić information content (AvgIpc) is 2.98. The molecule has 0 aromatic heterocycles. The van der Waals surface area contributed by atoms with Gasteiger partial charge in [-0.2, -0.15) is 4.31 Å². The molecule has 2 saturated heterocycles. The van der Waals surface area contributed by atoms with Gasteiger partial charge in [0.05, 0.1) is 18.1 Å². The molecule has 2 heterocycles. The Balaban J connectivity index is 1.80. The molecule has 140 valence electrons. The molecule has 1 unspecified atom stereocenters. The van der Waals surface area contributed by atoms with Crippen molar-refractivity contribution in [3.8, 4) is 0 Å². The minimum Gasteiger partial charge on any atom is -0.379 e. The molecule has 0 bridgehead atoms. The molecule has 2 fully saturated rings. The Labute approximate surface area is 152 Å². The summed E-state index contributed by atoms with van der Waals surface area (Å²) in [6.07, 6.45) is 2.41. The van der Waals surface area contributed by atoms with E-state index < -0.39 is 10.0 Å². The van der Waals surface area contributed by atoms with E-state index >= 15 is 0 Å². The van der Waals surface area contributed by atoms with E-state index in [2.05, 4.69) is 25.7 Å². The molecular formula is C19H30N2O3S. The molecule has 2 aliphatic heterocycles. The number of hydrogen-bond donors (Lipinski definition) is 0. The van der Waals surface area contributed by atoms with E-state index in [1.54, 1.807) is 6.07 Å². The second-order valence-corrected chi connectivity index (χ2v) is 9.64. The van der Waals surface area contributed by atoms with Gasteiger partial charge in [-0.1, -0.05) is 26.0 Å². The summed E-state index contributed by atoms with van der Waals surface area (Å²) in [4.78, 5) is 2.91. The van der Waals surface area contributed by atoms with Crippen molar-refractivity contribution in [3.05, 3.63) is 29.8 Å². The number of sulfonamides is 1. The topological polar surface area (TPSA) is 49.9 Å². The molecule has 6 heteroatoms. The lowest BCUT2D eigenvalue weighted by atomic mass is 9.86. The third kappa shape index (κ3) is 3.77. The minimum absolute atomic E-state index is 0.194. The highest BCUT2D eigenvalue weighted by Gasteiger charge is 2.39. The number of morpholine rings is 1. The van der Waals surface area contributed by atoms with Crippen LogP contribution in [-0.2, 0) is 21.3 Å². The van der Waals surface area contributed by atoms with Crippen molar-refractivity contribution in [1.82, 2.24) is 9.21 Å². The molecule has 5 nitrogen and oxygen atoms in total. The van der Waals surface area contributed by atoms with Crippen molar-refractivity contribution in [1.29, 1.82) is 0 Å². The van der Waals surface area contributed by atoms with Gasteiger partial charge in [-0.05, 0) is 49.9 Å². The smallest absolute Gasteiger partial charge is 0.243 e. The van der Waals surface area contributed by atoms with E-state index in [-0.39, 0.29) is 5.54 Å². The van der Waals surface area contributed by atoms with Crippen LogP contribution in [0.25, 0.3) is 0 Å². The lowest BCUT2D eigenvalue weighted by molar-refractivity contribution is 0.0730. The maximum absolute atomic E-state index is 12.9. The van der Waals surface area contributed by atoms with Crippen molar-refractivity contribution < 1.29 is 13.2 Å². The van der Waals surface area contributed by atoms with Gasteiger partial charge in [0.2, 0.25) is 10.0 Å². The van der Waals surface area contributed by atoms with Crippen LogP contribution in [0.2, 0.25) is 0 Å². The maximum Gasteiger partial charge on any atom is 0.243 e. The van der Waals surface area contributed by atoms with E-state index in [0.717, 1.165) is 18.7 Å². The van der Waals surface area contributed by atoms with Crippen LogP contribution >= 0.6 is 0 Å². The number of benzene rings is 1. The van der Waals surface area contributed by atoms with Crippen molar-refractivity contribution >= 4 is 10.0 Å². The highest BCUT2D eigenvalue weighted by molar-refractivity contribution is 7.89. The number of nitrogens with zero attached hydrogens (tertiary/aromatic N) is 2. The molecule has 1 atom stereocenters. The largest absolute Gasteiger partial charge is 0.379 e. The fourth-order valence-corrected chi connectivity index (χ4v) is 5.39. The Morgan fingerprint density at radius 1 is 1.20 bits per heavy atom. The highest BCUT2D eigenvalue weighted by Crippen LogP contribution is 2.36. The number of hydrogen-bond acceptors (Lipinski definition) is 4. The molecule has 0 N–H and O–H groups in total. The Morgan fingerprint density at radius 2 is 1.92 bits per heavy atom. The molecule has 0 amide bonds. The lowest BCUT2D eigenvalue weighted by Crippen LogP contribution is -2.44. The molecule has 0 aliphatic carbocycles. The van der Waals surface area contributed by atoms with Crippen molar-refractivity contribution in [2.24, 2.45) is 5.92 Å². The van der Waals surface area contributed by atoms with Crippen molar-refractivity contribution in [3.63, 3.8) is 0 Å². The molecule has 1 aromatic carbocycles. The summed E-state index contributed by atoms with van der Waals surface area (Å²) in [5, 5.41) is 0. The summed E-state index contributed by atoms with van der Waals surface area (Å²) in [5.41, 5.74) is 1.27. The fourth-order valence-electron chi connectivity index (χ4n) is 3.92. The van der Waals surface area contributed by atoms with E-state index in [1.165, 1.54) is 17.1 Å². The van der Waals surface area contributed by atoms with E-state index in [1.807, 2.05) is 18.2 Å². The third-order valence-electron chi connectivity index (χ3n) is 5.96. The predicted molar refractivity (Wildman–Crippen MR) is 98.9 cm³/mol. The Kier molecular flexibility index (Phi) is 5.54. The van der Waals surface area contributed by atoms with Gasteiger partial charge in [0.25, 0.3) is 0 Å². The molecule has 3 rings (SSSR count). The normalized spacial score (nSPS) is 26.4. The zero-order valence-corrected chi connectivity index (χ0v) is 16.4. The minimum atomic E-state index is -3.43. The number of likely N-dealkylation sites (tertiary alicyclic amines) is 1. The van der Waals surface area contributed by atoms with Crippen LogP contribution in [0.3, 0.4) is 0 Å². The fraction of sp³-hybridized carbons (Fsp3) is 0.684. The zero-order chi connectivity index (χ0) is 18.1. The Hall–Kier alpha value is -0.950. The van der Waals surface area contributed by atoms with Gasteiger partial charge >= 0.3 is 0 Å². The van der Waals surface area contributed by atoms with E-state index in [0.29, 0.717) is 37.1 Å². The van der Waals surface area contributed by atoms with Crippen LogP contribution in [0, 0.1) is 5.92 Å². The van der Waals surface area contributed by atoms with Gasteiger partial charge in [0.1, 0.15) is 0 Å². The summed E-state index contributed by atoms with van der Waals surface area (Å²) in [7, 11) is -3.43. The van der Waals surface area contributed by atoms with Crippen LogP contribution in [-0.4, -0.2) is 56.0 Å². The summed E-state index contributed by atoms with van der Waals surface area (Å²) >= 11 is 0. The second kappa shape index (κ2) is 7.35. The standard InChI is InChI=1S/C19H30N2O3S/c1-16(2)19(3)8-5-9-20(19)15-17-6-4-7-18(14-17)25(22,23)21-10-12-24-13-11-21/h4,6-7,14,16H,5,8-13,15H2,1-3H3. The summed E-state index contributed by atoms with van der Waals surface area (Å²) in [6, 6.07) is 7.46. The van der Waals surface area contributed by atoms with Gasteiger partial charge < -0.3 is 4.74 Å². The first-order chi connectivity index (χ1) is 11.8. The third-order valence-corrected chi connectivity index (χ3v) is 7.85. The summed E-state index contributed by atoms with van der Waals surface area (Å²) in [5.74, 6) is 0.579. The predicted octanol–water partition coefficient (Wildman–Crippen LogP) is 2.72. The van der Waals surface area contributed by atoms with Crippen LogP contribution in [0.5, 0.6) is 0 Å². The van der Waals surface area contributed by atoms with Crippen LogP contribution < -0.4 is 0 Å². The molecule has 0 spiro atoms. The van der Waals surface area contributed by atoms with Gasteiger partial charge in [-0.25, -0.2) is 8.42 Å². The van der Waals surface area contributed by atoms with Gasteiger partial charge in [-0.15, -0.1) is 0 Å². The summed E-state index contributed by atoms with van der Waals surface area (Å²) in [6.45, 7) is 10.6. The number of rotatable bonds is 5. The van der Waals surface area contributed by atoms with E-state index in [9.17, 15) is 8.42 Å². The monoisotopic (exact) mass is 366 g/mol. The lowest BCUT2D eigenvalue weighted by Gasteiger charge is -2.39. The molecular weight excluding hydrogens is 336 g/mol. The quantitative estimate of drug-likeness (QED) is 0.804. The van der Waals surface area contributed by atoms with Gasteiger partial charge in [-0.3, -0.25) is 4.90 Å². The Bertz CT molecular complexity index is 698. The summed E-state index contributed by atoms with van der Waals surface area (Å²) < 4.78 is 32.5. The van der Waals surface area contributed by atoms with Crippen LogP contribution in [0.15, 0.2) is 29.2 Å². The molecule has 2 aliphatic rings. The molecule has 25 heavy (non-hydrogen) atoms. The first-order valence-electron chi connectivity index (χ1n) is 9.26. The van der Waals surface area contributed by atoms with Gasteiger partial charge in [0.15, 0.2) is 0 Å². The molecule has 1 aromatic rings. The second-order valence-electron chi connectivity index (χ2n) is 7.70. The average molecular weight is 367 g/mol. The van der Waals surface area contributed by atoms with Gasteiger partial charge in [0, 0.05) is 25.2 Å².